The lowest BCUT2D eigenvalue weighted by atomic mass is 10.3. The van der Waals surface area contributed by atoms with Crippen molar-refractivity contribution < 1.29 is 8.42 Å². The second-order valence-corrected chi connectivity index (χ2v) is 6.38. The molecule has 0 bridgehead atoms. The Bertz CT molecular complexity index is 483. The van der Waals surface area contributed by atoms with Gasteiger partial charge in [-0.2, -0.15) is 0 Å². The van der Waals surface area contributed by atoms with E-state index in [9.17, 15) is 8.42 Å². The molecule has 0 saturated heterocycles. The topological polar surface area (TPSA) is 89.4 Å². The van der Waals surface area contributed by atoms with Crippen LogP contribution in [0.15, 0.2) is 23.1 Å². The Morgan fingerprint density at radius 1 is 1.18 bits per heavy atom. The van der Waals surface area contributed by atoms with Crippen LogP contribution in [0.2, 0.25) is 0 Å². The van der Waals surface area contributed by atoms with E-state index in [4.69, 9.17) is 11.5 Å². The number of benzene rings is 1. The molecule has 0 fully saturated rings. The highest BCUT2D eigenvalue weighted by Crippen LogP contribution is 2.20. The minimum Gasteiger partial charge on any atom is -0.397 e. The van der Waals surface area contributed by atoms with Crippen molar-refractivity contribution in [1.82, 2.24) is 4.90 Å². The molecular weight excluding hydrogens is 238 g/mol. The van der Waals surface area contributed by atoms with Crippen molar-refractivity contribution in [3.63, 3.8) is 0 Å². The van der Waals surface area contributed by atoms with Gasteiger partial charge in [0.15, 0.2) is 9.84 Å². The van der Waals surface area contributed by atoms with Crippen molar-refractivity contribution in [3.05, 3.63) is 18.2 Å². The van der Waals surface area contributed by atoms with Gasteiger partial charge in [-0.3, -0.25) is 0 Å². The van der Waals surface area contributed by atoms with Gasteiger partial charge >= 0.3 is 0 Å². The van der Waals surface area contributed by atoms with Crippen LogP contribution in [0.25, 0.3) is 0 Å². The first-order chi connectivity index (χ1) is 7.83. The highest BCUT2D eigenvalue weighted by atomic mass is 32.2. The molecule has 0 atom stereocenters. The van der Waals surface area contributed by atoms with E-state index >= 15 is 0 Å². The first kappa shape index (κ1) is 13.8. The summed E-state index contributed by atoms with van der Waals surface area (Å²) < 4.78 is 23.9. The van der Waals surface area contributed by atoms with Crippen LogP contribution in [0.4, 0.5) is 11.4 Å². The molecule has 5 nitrogen and oxygen atoms in total. The van der Waals surface area contributed by atoms with Crippen LogP contribution in [0.3, 0.4) is 0 Å². The number of hydrogen-bond donors (Lipinski definition) is 2. The van der Waals surface area contributed by atoms with Crippen molar-refractivity contribution in [2.24, 2.45) is 0 Å². The maximum atomic E-state index is 12.0. The molecule has 0 radical (unpaired) electrons. The normalized spacial score (nSPS) is 11.9. The van der Waals surface area contributed by atoms with Crippen molar-refractivity contribution in [2.45, 2.75) is 11.3 Å². The Morgan fingerprint density at radius 2 is 1.82 bits per heavy atom. The number of anilines is 2. The molecule has 1 rings (SSSR count). The van der Waals surface area contributed by atoms with Gasteiger partial charge in [0.25, 0.3) is 0 Å². The Hall–Kier alpha value is -1.27. The van der Waals surface area contributed by atoms with Crippen LogP contribution >= 0.6 is 0 Å². The van der Waals surface area contributed by atoms with E-state index in [-0.39, 0.29) is 10.6 Å². The predicted molar refractivity (Wildman–Crippen MR) is 70.5 cm³/mol. The van der Waals surface area contributed by atoms with Gasteiger partial charge in [0.05, 0.1) is 22.0 Å². The molecule has 0 aromatic heterocycles. The van der Waals surface area contributed by atoms with E-state index < -0.39 is 9.84 Å². The van der Waals surface area contributed by atoms with Crippen LogP contribution in [-0.4, -0.2) is 39.7 Å². The van der Waals surface area contributed by atoms with Gasteiger partial charge in [0.2, 0.25) is 0 Å². The smallest absolute Gasteiger partial charge is 0.178 e. The summed E-state index contributed by atoms with van der Waals surface area (Å²) in [6.45, 7) is 0.740. The molecule has 1 aromatic carbocycles. The van der Waals surface area contributed by atoms with Crippen molar-refractivity contribution in [1.29, 1.82) is 0 Å². The fourth-order valence-corrected chi connectivity index (χ4v) is 2.76. The Labute approximate surface area is 102 Å². The lowest BCUT2D eigenvalue weighted by molar-refractivity contribution is 0.408. The number of rotatable bonds is 5. The Balaban J connectivity index is 2.79. The molecule has 0 aliphatic heterocycles. The molecule has 0 unspecified atom stereocenters. The van der Waals surface area contributed by atoms with Gasteiger partial charge in [-0.15, -0.1) is 0 Å². The van der Waals surface area contributed by atoms with E-state index in [1.54, 1.807) is 0 Å². The monoisotopic (exact) mass is 257 g/mol. The third-order valence-electron chi connectivity index (χ3n) is 2.44. The summed E-state index contributed by atoms with van der Waals surface area (Å²) in [6, 6.07) is 4.44. The standard InChI is InChI=1S/C11H19N3O2S/c1-14(2)6-3-7-17(15,16)9-4-5-10(12)11(13)8-9/h4-5,8H,3,6-7,12-13H2,1-2H3. The molecule has 17 heavy (non-hydrogen) atoms. The zero-order valence-electron chi connectivity index (χ0n) is 10.2. The highest BCUT2D eigenvalue weighted by molar-refractivity contribution is 7.91. The third-order valence-corrected chi connectivity index (χ3v) is 4.23. The van der Waals surface area contributed by atoms with E-state index in [0.29, 0.717) is 17.8 Å². The average Bonchev–Trinajstić information content (AvgIpc) is 2.21. The summed E-state index contributed by atoms with van der Waals surface area (Å²) in [6.07, 6.45) is 0.597. The van der Waals surface area contributed by atoms with Crippen molar-refractivity contribution in [3.8, 4) is 0 Å². The van der Waals surface area contributed by atoms with Crippen LogP contribution in [-0.2, 0) is 9.84 Å². The molecule has 0 aliphatic carbocycles. The lowest BCUT2D eigenvalue weighted by Crippen LogP contribution is -2.17. The van der Waals surface area contributed by atoms with E-state index in [0.717, 1.165) is 6.54 Å². The number of nitrogens with zero attached hydrogens (tertiary/aromatic N) is 1. The molecule has 0 aliphatic rings. The van der Waals surface area contributed by atoms with Crippen molar-refractivity contribution >= 4 is 21.2 Å². The average molecular weight is 257 g/mol. The summed E-state index contributed by atoms with van der Waals surface area (Å²) in [5, 5.41) is 0. The first-order valence-electron chi connectivity index (χ1n) is 5.35. The second-order valence-electron chi connectivity index (χ2n) is 4.27. The Kier molecular flexibility index (Phi) is 4.36. The molecule has 0 spiro atoms. The predicted octanol–water partition coefficient (Wildman–Crippen LogP) is 0.576. The van der Waals surface area contributed by atoms with E-state index in [1.165, 1.54) is 18.2 Å². The van der Waals surface area contributed by atoms with E-state index in [2.05, 4.69) is 0 Å². The Morgan fingerprint density at radius 3 is 2.35 bits per heavy atom. The summed E-state index contributed by atoms with van der Waals surface area (Å²) >= 11 is 0. The van der Waals surface area contributed by atoms with Gasteiger partial charge in [-0.25, -0.2) is 8.42 Å². The van der Waals surface area contributed by atoms with Crippen LogP contribution < -0.4 is 11.5 Å². The summed E-state index contributed by atoms with van der Waals surface area (Å²) in [5.74, 6) is 0.120. The second kappa shape index (κ2) is 5.37. The summed E-state index contributed by atoms with van der Waals surface area (Å²) in [5.41, 5.74) is 11.8. The van der Waals surface area contributed by atoms with Gasteiger partial charge in [-0.1, -0.05) is 0 Å². The fraction of sp³-hybridized carbons (Fsp3) is 0.455. The molecule has 0 saturated carbocycles. The van der Waals surface area contributed by atoms with Crippen LogP contribution in [0.5, 0.6) is 0 Å². The molecule has 1 aromatic rings. The zero-order valence-corrected chi connectivity index (χ0v) is 11.0. The summed E-state index contributed by atoms with van der Waals surface area (Å²) in [7, 11) is 0.564. The number of nitrogens with two attached hydrogens (primary N) is 2. The number of nitrogen functional groups attached to an aromatic ring is 2. The number of sulfone groups is 1. The van der Waals surface area contributed by atoms with Gasteiger partial charge < -0.3 is 16.4 Å². The van der Waals surface area contributed by atoms with Crippen molar-refractivity contribution in [2.75, 3.05) is 37.9 Å². The molecule has 6 heteroatoms. The largest absolute Gasteiger partial charge is 0.397 e. The van der Waals surface area contributed by atoms with Crippen LogP contribution in [0.1, 0.15) is 6.42 Å². The van der Waals surface area contributed by atoms with Gasteiger partial charge in [0, 0.05) is 0 Å². The molecule has 4 N–H and O–H groups in total. The highest BCUT2D eigenvalue weighted by Gasteiger charge is 2.15. The van der Waals surface area contributed by atoms with E-state index in [1.807, 2.05) is 19.0 Å². The van der Waals surface area contributed by atoms with Gasteiger partial charge in [0.1, 0.15) is 0 Å². The van der Waals surface area contributed by atoms with Gasteiger partial charge in [-0.05, 0) is 45.3 Å². The first-order valence-corrected chi connectivity index (χ1v) is 7.00. The molecular formula is C11H19N3O2S. The molecule has 0 amide bonds. The maximum absolute atomic E-state index is 12.0. The summed E-state index contributed by atoms with van der Waals surface area (Å²) in [4.78, 5) is 2.19. The quantitative estimate of drug-likeness (QED) is 0.753. The third kappa shape index (κ3) is 3.90. The van der Waals surface area contributed by atoms with Crippen LogP contribution in [0, 0.1) is 0 Å². The maximum Gasteiger partial charge on any atom is 0.178 e. The zero-order chi connectivity index (χ0) is 13.1. The number of hydrogen-bond acceptors (Lipinski definition) is 5. The lowest BCUT2D eigenvalue weighted by Gasteiger charge is -2.10. The molecule has 0 heterocycles. The minimum atomic E-state index is -3.26. The minimum absolute atomic E-state index is 0.120. The fourth-order valence-electron chi connectivity index (χ4n) is 1.43. The SMILES string of the molecule is CN(C)CCCS(=O)(=O)c1ccc(N)c(N)c1. The molecule has 96 valence electrons.